The Bertz CT molecular complexity index is 939. The molecule has 1 aliphatic rings. The van der Waals surface area contributed by atoms with E-state index in [1.807, 2.05) is 18.2 Å². The van der Waals surface area contributed by atoms with E-state index >= 15 is 0 Å². The van der Waals surface area contributed by atoms with Gasteiger partial charge in [0, 0.05) is 10.9 Å². The number of aryl methyl sites for hydroxylation is 1. The molecule has 3 aromatic rings. The van der Waals surface area contributed by atoms with Crippen LogP contribution in [0.2, 0.25) is 0 Å². The van der Waals surface area contributed by atoms with E-state index < -0.39 is 0 Å². The van der Waals surface area contributed by atoms with Crippen LogP contribution < -0.4 is 5.73 Å². The van der Waals surface area contributed by atoms with Crippen LogP contribution in [0.15, 0.2) is 36.7 Å². The maximum Gasteiger partial charge on any atom is 0.135 e. The van der Waals surface area contributed by atoms with Crippen LogP contribution in [0.3, 0.4) is 0 Å². The van der Waals surface area contributed by atoms with E-state index in [2.05, 4.69) is 28.2 Å². The highest BCUT2D eigenvalue weighted by atomic mass is 14.9. The third-order valence-corrected chi connectivity index (χ3v) is 4.61. The van der Waals surface area contributed by atoms with Gasteiger partial charge in [0.15, 0.2) is 0 Å². The SMILES string of the molecule is N#Cc1c(-c2ccccc2)c2c(c3c(N)ncnc13)CCCC2. The molecule has 0 atom stereocenters. The fourth-order valence-corrected chi connectivity index (χ4v) is 3.64. The average Bonchev–Trinajstić information content (AvgIpc) is 2.61. The summed E-state index contributed by atoms with van der Waals surface area (Å²) in [6, 6.07) is 12.5. The molecular weight excluding hydrogens is 284 g/mol. The van der Waals surface area contributed by atoms with Gasteiger partial charge in [-0.05, 0) is 42.4 Å². The summed E-state index contributed by atoms with van der Waals surface area (Å²) in [5.41, 5.74) is 12.0. The molecular formula is C19H16N4. The minimum absolute atomic E-state index is 0.476. The van der Waals surface area contributed by atoms with Crippen LogP contribution in [-0.4, -0.2) is 9.97 Å². The Morgan fingerprint density at radius 1 is 1.00 bits per heavy atom. The Labute approximate surface area is 134 Å². The third-order valence-electron chi connectivity index (χ3n) is 4.61. The van der Waals surface area contributed by atoms with E-state index in [9.17, 15) is 5.26 Å². The van der Waals surface area contributed by atoms with E-state index in [1.54, 1.807) is 0 Å². The predicted octanol–water partition coefficient (Wildman–Crippen LogP) is 3.63. The van der Waals surface area contributed by atoms with E-state index in [-0.39, 0.29) is 0 Å². The largest absolute Gasteiger partial charge is 0.383 e. The van der Waals surface area contributed by atoms with E-state index in [0.29, 0.717) is 16.9 Å². The number of nitriles is 1. The molecule has 0 aliphatic heterocycles. The van der Waals surface area contributed by atoms with Gasteiger partial charge in [-0.3, -0.25) is 0 Å². The third kappa shape index (κ3) is 2.05. The zero-order valence-corrected chi connectivity index (χ0v) is 12.7. The molecule has 4 nitrogen and oxygen atoms in total. The number of nitrogens with two attached hydrogens (primary N) is 1. The summed E-state index contributed by atoms with van der Waals surface area (Å²) in [6.07, 6.45) is 5.66. The summed E-state index contributed by atoms with van der Waals surface area (Å²) in [5, 5.41) is 10.7. The first-order chi connectivity index (χ1) is 11.3. The summed E-state index contributed by atoms with van der Waals surface area (Å²) in [5.74, 6) is 0.476. The number of nitrogen functional groups attached to an aromatic ring is 1. The van der Waals surface area contributed by atoms with E-state index in [1.165, 1.54) is 17.5 Å². The van der Waals surface area contributed by atoms with Crippen molar-refractivity contribution < 1.29 is 0 Å². The maximum absolute atomic E-state index is 9.82. The van der Waals surface area contributed by atoms with Crippen LogP contribution >= 0.6 is 0 Å². The number of aromatic nitrogens is 2. The molecule has 0 saturated heterocycles. The van der Waals surface area contributed by atoms with Crippen LogP contribution in [0.4, 0.5) is 5.82 Å². The molecule has 1 aromatic heterocycles. The lowest BCUT2D eigenvalue weighted by atomic mass is 9.81. The van der Waals surface area contributed by atoms with Crippen LogP contribution in [0, 0.1) is 11.3 Å². The number of anilines is 1. The van der Waals surface area contributed by atoms with Gasteiger partial charge in [0.05, 0.1) is 11.1 Å². The van der Waals surface area contributed by atoms with Crippen LogP contribution in [0.25, 0.3) is 22.0 Å². The second kappa shape index (κ2) is 5.36. The number of hydrogen-bond acceptors (Lipinski definition) is 4. The first-order valence-electron chi connectivity index (χ1n) is 7.84. The summed E-state index contributed by atoms with van der Waals surface area (Å²) in [4.78, 5) is 8.54. The average molecular weight is 300 g/mol. The minimum Gasteiger partial charge on any atom is -0.383 e. The monoisotopic (exact) mass is 300 g/mol. The Hall–Kier alpha value is -2.93. The molecule has 0 bridgehead atoms. The lowest BCUT2D eigenvalue weighted by Gasteiger charge is -2.23. The van der Waals surface area contributed by atoms with Crippen molar-refractivity contribution in [3.63, 3.8) is 0 Å². The fraction of sp³-hybridized carbons (Fsp3) is 0.211. The van der Waals surface area contributed by atoms with Crippen molar-refractivity contribution in [2.24, 2.45) is 0 Å². The molecule has 0 spiro atoms. The predicted molar refractivity (Wildman–Crippen MR) is 90.7 cm³/mol. The molecule has 2 aromatic carbocycles. The standard InChI is InChI=1S/C19H16N4/c20-10-15-16(12-6-2-1-3-7-12)13-8-4-5-9-14(13)17-18(15)22-11-23-19(17)21/h1-3,6-7,11H,4-5,8-9H2,(H2,21,22,23). The van der Waals surface area contributed by atoms with Crippen molar-refractivity contribution in [2.45, 2.75) is 25.7 Å². The van der Waals surface area contributed by atoms with Gasteiger partial charge in [-0.2, -0.15) is 5.26 Å². The molecule has 0 radical (unpaired) electrons. The summed E-state index contributed by atoms with van der Waals surface area (Å²) >= 11 is 0. The minimum atomic E-state index is 0.476. The van der Waals surface area contributed by atoms with Crippen molar-refractivity contribution in [3.8, 4) is 17.2 Å². The summed E-state index contributed by atoms with van der Waals surface area (Å²) in [7, 11) is 0. The highest BCUT2D eigenvalue weighted by Crippen LogP contribution is 2.40. The molecule has 1 heterocycles. The Morgan fingerprint density at radius 3 is 2.48 bits per heavy atom. The Morgan fingerprint density at radius 2 is 1.74 bits per heavy atom. The number of benzene rings is 2. The molecule has 1 aliphatic carbocycles. The second-order valence-corrected chi connectivity index (χ2v) is 5.87. The van der Waals surface area contributed by atoms with Gasteiger partial charge in [0.2, 0.25) is 0 Å². The molecule has 0 unspecified atom stereocenters. The zero-order valence-electron chi connectivity index (χ0n) is 12.7. The lowest BCUT2D eigenvalue weighted by molar-refractivity contribution is 0.691. The van der Waals surface area contributed by atoms with Crippen LogP contribution in [-0.2, 0) is 12.8 Å². The van der Waals surface area contributed by atoms with Gasteiger partial charge in [-0.1, -0.05) is 30.3 Å². The van der Waals surface area contributed by atoms with Crippen molar-refractivity contribution in [1.29, 1.82) is 5.26 Å². The maximum atomic E-state index is 9.82. The molecule has 0 amide bonds. The zero-order chi connectivity index (χ0) is 15.8. The molecule has 0 saturated carbocycles. The normalized spacial score (nSPS) is 13.5. The summed E-state index contributed by atoms with van der Waals surface area (Å²) < 4.78 is 0. The van der Waals surface area contributed by atoms with Gasteiger partial charge < -0.3 is 5.73 Å². The Balaban J connectivity index is 2.20. The van der Waals surface area contributed by atoms with E-state index in [4.69, 9.17) is 5.73 Å². The van der Waals surface area contributed by atoms with Gasteiger partial charge >= 0.3 is 0 Å². The molecule has 112 valence electrons. The topological polar surface area (TPSA) is 75.6 Å². The van der Waals surface area contributed by atoms with Gasteiger partial charge in [-0.15, -0.1) is 0 Å². The van der Waals surface area contributed by atoms with Crippen LogP contribution in [0.5, 0.6) is 0 Å². The molecule has 0 fully saturated rings. The smallest absolute Gasteiger partial charge is 0.135 e. The van der Waals surface area contributed by atoms with Gasteiger partial charge in [0.1, 0.15) is 18.2 Å². The molecule has 2 N–H and O–H groups in total. The number of hydrogen-bond donors (Lipinski definition) is 1. The second-order valence-electron chi connectivity index (χ2n) is 5.87. The highest BCUT2D eigenvalue weighted by molar-refractivity contribution is 6.01. The first-order valence-corrected chi connectivity index (χ1v) is 7.84. The number of rotatable bonds is 1. The molecule has 4 rings (SSSR count). The van der Waals surface area contributed by atoms with Crippen molar-refractivity contribution >= 4 is 16.7 Å². The van der Waals surface area contributed by atoms with Gasteiger partial charge in [0.25, 0.3) is 0 Å². The van der Waals surface area contributed by atoms with Gasteiger partial charge in [-0.25, -0.2) is 9.97 Å². The van der Waals surface area contributed by atoms with Crippen LogP contribution in [0.1, 0.15) is 29.5 Å². The Kier molecular flexibility index (Phi) is 3.20. The quantitative estimate of drug-likeness (QED) is 0.744. The molecule has 4 heteroatoms. The van der Waals surface area contributed by atoms with Crippen molar-refractivity contribution in [2.75, 3.05) is 5.73 Å². The molecule has 23 heavy (non-hydrogen) atoms. The number of nitrogens with zero attached hydrogens (tertiary/aromatic N) is 3. The summed E-state index contributed by atoms with van der Waals surface area (Å²) in [6.45, 7) is 0. The first kappa shape index (κ1) is 13.7. The fourth-order valence-electron chi connectivity index (χ4n) is 3.64. The lowest BCUT2D eigenvalue weighted by Crippen LogP contribution is -2.10. The highest BCUT2D eigenvalue weighted by Gasteiger charge is 2.24. The van der Waals surface area contributed by atoms with E-state index in [0.717, 1.165) is 42.2 Å². The van der Waals surface area contributed by atoms with Crippen molar-refractivity contribution in [1.82, 2.24) is 9.97 Å². The number of fused-ring (bicyclic) bond motifs is 3. The van der Waals surface area contributed by atoms with Crippen molar-refractivity contribution in [3.05, 3.63) is 53.3 Å².